The largest absolute Gasteiger partial charge is 0.362 e. The van der Waals surface area contributed by atoms with E-state index in [2.05, 4.69) is 30.3 Å². The number of aromatic nitrogens is 1. The van der Waals surface area contributed by atoms with Gasteiger partial charge in [-0.15, -0.1) is 0 Å². The molecule has 0 unspecified atom stereocenters. The van der Waals surface area contributed by atoms with E-state index in [-0.39, 0.29) is 0 Å². The lowest BCUT2D eigenvalue weighted by atomic mass is 10.2. The average Bonchev–Trinajstić information content (AvgIpc) is 2.33. The molecular weight excluding hydrogens is 158 g/mol. The molecular formula is C12H17N. The van der Waals surface area contributed by atoms with Crippen molar-refractivity contribution in [3.8, 4) is 0 Å². The second kappa shape index (κ2) is 4.13. The fourth-order valence-corrected chi connectivity index (χ4v) is 1.35. The molecule has 0 aliphatic rings. The predicted octanol–water partition coefficient (Wildman–Crippen LogP) is 3.25. The summed E-state index contributed by atoms with van der Waals surface area (Å²) < 4.78 is 0. The van der Waals surface area contributed by atoms with E-state index < -0.39 is 0 Å². The summed E-state index contributed by atoms with van der Waals surface area (Å²) in [4.78, 5) is 3.35. The highest BCUT2D eigenvalue weighted by Crippen LogP contribution is 2.09. The Bertz CT molecular complexity index is 287. The van der Waals surface area contributed by atoms with Crippen molar-refractivity contribution >= 4 is 0 Å². The molecule has 70 valence electrons. The third-order valence-corrected chi connectivity index (χ3v) is 1.79. The fourth-order valence-electron chi connectivity index (χ4n) is 1.35. The Hall–Kier alpha value is -1.24. The van der Waals surface area contributed by atoms with Crippen molar-refractivity contribution in [2.75, 3.05) is 0 Å². The molecule has 0 atom stereocenters. The number of nitrogens with one attached hydrogen (secondary N) is 1. The van der Waals surface area contributed by atoms with Gasteiger partial charge in [0.1, 0.15) is 0 Å². The van der Waals surface area contributed by atoms with E-state index in [1.165, 1.54) is 22.5 Å². The van der Waals surface area contributed by atoms with Crippen LogP contribution >= 0.6 is 0 Å². The third kappa shape index (κ3) is 3.32. The number of allylic oxidation sites excluding steroid dienone is 2. The highest BCUT2D eigenvalue weighted by atomic mass is 14.7. The maximum absolute atomic E-state index is 3.88. The molecule has 1 N–H and O–H groups in total. The molecule has 1 heteroatoms. The van der Waals surface area contributed by atoms with Crippen LogP contribution in [0.5, 0.6) is 0 Å². The highest BCUT2D eigenvalue weighted by molar-refractivity contribution is 5.20. The zero-order chi connectivity index (χ0) is 9.84. The first-order chi connectivity index (χ1) is 6.08. The summed E-state index contributed by atoms with van der Waals surface area (Å²) in [7, 11) is 0. The summed E-state index contributed by atoms with van der Waals surface area (Å²) in [5.74, 6) is 0. The molecule has 13 heavy (non-hydrogen) atoms. The Labute approximate surface area is 80.2 Å². The number of hydrogen-bond donors (Lipinski definition) is 1. The Kier molecular flexibility index (Phi) is 3.13. The van der Waals surface area contributed by atoms with Crippen LogP contribution < -0.4 is 0 Å². The van der Waals surface area contributed by atoms with Crippen LogP contribution in [0.4, 0.5) is 0 Å². The summed E-state index contributed by atoms with van der Waals surface area (Å²) in [6.07, 6.45) is 1.88. The van der Waals surface area contributed by atoms with Gasteiger partial charge in [0, 0.05) is 24.2 Å². The van der Waals surface area contributed by atoms with Gasteiger partial charge in [0.05, 0.1) is 0 Å². The van der Waals surface area contributed by atoms with E-state index in [0.717, 1.165) is 12.8 Å². The van der Waals surface area contributed by atoms with Crippen molar-refractivity contribution < 1.29 is 0 Å². The Morgan fingerprint density at radius 3 is 1.77 bits per heavy atom. The molecule has 0 fully saturated rings. The van der Waals surface area contributed by atoms with E-state index in [0.29, 0.717) is 0 Å². The second-order valence-electron chi connectivity index (χ2n) is 3.78. The standard InChI is InChI=1S/C12H17N/c1-9(2)7-11-5-6-12(13-11)8-10(3)4/h5-6,13H,1,3,7-8H2,2,4H3. The summed E-state index contributed by atoms with van der Waals surface area (Å²) in [6, 6.07) is 4.24. The minimum absolute atomic E-state index is 0.941. The molecule has 0 saturated heterocycles. The molecule has 1 aromatic heterocycles. The lowest BCUT2D eigenvalue weighted by molar-refractivity contribution is 1.01. The topological polar surface area (TPSA) is 15.8 Å². The van der Waals surface area contributed by atoms with E-state index >= 15 is 0 Å². The smallest absolute Gasteiger partial charge is 0.0190 e. The molecule has 1 rings (SSSR count). The SMILES string of the molecule is C=C(C)Cc1ccc(CC(=C)C)[nH]1. The number of H-pyrrole nitrogens is 1. The van der Waals surface area contributed by atoms with E-state index in [1.54, 1.807) is 0 Å². The zero-order valence-corrected chi connectivity index (χ0v) is 8.48. The van der Waals surface area contributed by atoms with Gasteiger partial charge in [-0.2, -0.15) is 0 Å². The zero-order valence-electron chi connectivity index (χ0n) is 8.48. The van der Waals surface area contributed by atoms with Gasteiger partial charge in [-0.1, -0.05) is 24.3 Å². The summed E-state index contributed by atoms with van der Waals surface area (Å²) in [5.41, 5.74) is 4.85. The normalized spacial score (nSPS) is 10.0. The van der Waals surface area contributed by atoms with Gasteiger partial charge in [-0.3, -0.25) is 0 Å². The van der Waals surface area contributed by atoms with Crippen LogP contribution in [-0.2, 0) is 12.8 Å². The van der Waals surface area contributed by atoms with Crippen LogP contribution in [0.3, 0.4) is 0 Å². The monoisotopic (exact) mass is 175 g/mol. The summed E-state index contributed by atoms with van der Waals surface area (Å²) in [6.45, 7) is 11.8. The van der Waals surface area contributed by atoms with Gasteiger partial charge >= 0.3 is 0 Å². The molecule has 0 aliphatic heterocycles. The maximum Gasteiger partial charge on any atom is 0.0190 e. The van der Waals surface area contributed by atoms with Crippen LogP contribution in [0, 0.1) is 0 Å². The van der Waals surface area contributed by atoms with Crippen molar-refractivity contribution in [1.29, 1.82) is 0 Å². The van der Waals surface area contributed by atoms with Gasteiger partial charge < -0.3 is 4.98 Å². The van der Waals surface area contributed by atoms with E-state index in [1.807, 2.05) is 13.8 Å². The van der Waals surface area contributed by atoms with Gasteiger partial charge in [0.15, 0.2) is 0 Å². The molecule has 0 amide bonds. The average molecular weight is 175 g/mol. The molecule has 0 spiro atoms. The first kappa shape index (κ1) is 9.85. The Morgan fingerprint density at radius 1 is 1.08 bits per heavy atom. The molecule has 1 heterocycles. The van der Waals surface area contributed by atoms with Crippen molar-refractivity contribution in [2.24, 2.45) is 0 Å². The van der Waals surface area contributed by atoms with Gasteiger partial charge in [0.2, 0.25) is 0 Å². The molecule has 0 bridgehead atoms. The molecule has 0 aromatic carbocycles. The van der Waals surface area contributed by atoms with Crippen LogP contribution in [0.2, 0.25) is 0 Å². The quantitative estimate of drug-likeness (QED) is 0.676. The summed E-state index contributed by atoms with van der Waals surface area (Å²) >= 11 is 0. The van der Waals surface area contributed by atoms with Crippen molar-refractivity contribution in [3.63, 3.8) is 0 Å². The Balaban J connectivity index is 2.63. The lowest BCUT2D eigenvalue weighted by Crippen LogP contribution is -1.89. The number of aromatic amines is 1. The van der Waals surface area contributed by atoms with Crippen LogP contribution in [0.15, 0.2) is 36.4 Å². The van der Waals surface area contributed by atoms with Crippen LogP contribution in [-0.4, -0.2) is 4.98 Å². The first-order valence-corrected chi connectivity index (χ1v) is 4.53. The first-order valence-electron chi connectivity index (χ1n) is 4.53. The van der Waals surface area contributed by atoms with E-state index in [4.69, 9.17) is 0 Å². The second-order valence-corrected chi connectivity index (χ2v) is 3.78. The summed E-state index contributed by atoms with van der Waals surface area (Å²) in [5, 5.41) is 0. The molecule has 1 nitrogen and oxygen atoms in total. The number of rotatable bonds is 4. The van der Waals surface area contributed by atoms with Gasteiger partial charge in [0.25, 0.3) is 0 Å². The minimum atomic E-state index is 0.941. The number of hydrogen-bond acceptors (Lipinski definition) is 0. The van der Waals surface area contributed by atoms with E-state index in [9.17, 15) is 0 Å². The molecule has 1 aromatic rings. The Morgan fingerprint density at radius 2 is 1.46 bits per heavy atom. The van der Waals surface area contributed by atoms with Crippen LogP contribution in [0.1, 0.15) is 25.2 Å². The molecule has 0 saturated carbocycles. The van der Waals surface area contributed by atoms with Gasteiger partial charge in [-0.25, -0.2) is 0 Å². The highest BCUT2D eigenvalue weighted by Gasteiger charge is 1.98. The predicted molar refractivity (Wildman–Crippen MR) is 57.8 cm³/mol. The van der Waals surface area contributed by atoms with Crippen molar-refractivity contribution in [3.05, 3.63) is 47.8 Å². The van der Waals surface area contributed by atoms with Gasteiger partial charge in [-0.05, 0) is 26.0 Å². The maximum atomic E-state index is 3.88. The van der Waals surface area contributed by atoms with Crippen molar-refractivity contribution in [1.82, 2.24) is 4.98 Å². The fraction of sp³-hybridized carbons (Fsp3) is 0.333. The minimum Gasteiger partial charge on any atom is -0.362 e. The molecule has 0 radical (unpaired) electrons. The third-order valence-electron chi connectivity index (χ3n) is 1.79. The van der Waals surface area contributed by atoms with Crippen LogP contribution in [0.25, 0.3) is 0 Å². The van der Waals surface area contributed by atoms with Crippen molar-refractivity contribution in [2.45, 2.75) is 26.7 Å². The lowest BCUT2D eigenvalue weighted by Gasteiger charge is -1.97. The molecule has 0 aliphatic carbocycles.